The summed E-state index contributed by atoms with van der Waals surface area (Å²) in [4.78, 5) is 54.2. The number of imidazole rings is 2. The summed E-state index contributed by atoms with van der Waals surface area (Å²) in [7, 11) is -5.87. The zero-order valence-electron chi connectivity index (χ0n) is 22.1. The molecule has 43 heavy (non-hydrogen) atoms. The van der Waals surface area contributed by atoms with E-state index in [1.807, 2.05) is 4.57 Å². The van der Waals surface area contributed by atoms with E-state index in [2.05, 4.69) is 29.9 Å². The summed E-state index contributed by atoms with van der Waals surface area (Å²) in [5, 5.41) is -1.27. The normalized spacial score (nSPS) is 23.2. The second kappa shape index (κ2) is 14.2. The second-order valence-corrected chi connectivity index (χ2v) is 15.8. The number of H-pyrrole nitrogens is 1. The smallest absolute Gasteiger partial charge is 0.378 e. The van der Waals surface area contributed by atoms with Crippen LogP contribution in [0, 0.1) is 0 Å². The number of fused-ring (bicyclic) bond motifs is 2. The van der Waals surface area contributed by atoms with Gasteiger partial charge < -0.3 is 50.6 Å². The molecular formula is C20H31ClN11O7P2S2+. The number of thioether (sulfide) groups is 2. The molecule has 236 valence electrons. The number of anilines is 2. The molecule has 18 nitrogen and oxygen atoms in total. The minimum absolute atomic E-state index is 0. The molecule has 2 aliphatic heterocycles. The first kappa shape index (κ1) is 35.1. The molecule has 2 fully saturated rings. The molecule has 4 aromatic heterocycles. The fourth-order valence-electron chi connectivity index (χ4n) is 4.02. The topological polar surface area (TPSA) is 292 Å². The minimum atomic E-state index is -4.53. The molecule has 0 spiro atoms. The molecule has 23 heteroatoms. The first-order chi connectivity index (χ1) is 19.4. The Morgan fingerprint density at radius 3 is 2.28 bits per heavy atom. The summed E-state index contributed by atoms with van der Waals surface area (Å²) >= 11 is 8.54. The van der Waals surface area contributed by atoms with Crippen molar-refractivity contribution in [2.45, 2.75) is 41.4 Å². The number of nitrogen functional groups attached to an aromatic ring is 2. The third kappa shape index (κ3) is 8.02. The van der Waals surface area contributed by atoms with E-state index in [4.69, 9.17) is 37.4 Å². The quantitative estimate of drug-likeness (QED) is 0.141. The molecule has 2 aliphatic rings. The molecule has 0 saturated carbocycles. The molecule has 0 aliphatic carbocycles. The standard InChI is InChI=1S/C10H12ClN5O2PS.C9H12N5O5PS.CH4.H3N/c1-19(17)10-18-3-5(20-10)2-16-4-13-6-7(11)14-9(12)15-8(6)16;10-8-12-6-5(7(15)13-8)11-3-14(6)1-4-2-19-9(21-4)20(16,17)18;;/h4-5,10H,2-3H2,1H3,(H2,12,14,15);3-4,9H,1-2H2,(H2,16,17,18)(H3,10,12,13,15);1H4;1H3/q+1;;;. The molecule has 0 aromatic carbocycles. The van der Waals surface area contributed by atoms with E-state index in [0.29, 0.717) is 36.5 Å². The molecule has 6 heterocycles. The van der Waals surface area contributed by atoms with Crippen LogP contribution in [0.2, 0.25) is 5.15 Å². The highest BCUT2D eigenvalue weighted by Gasteiger charge is 2.37. The van der Waals surface area contributed by atoms with Crippen molar-refractivity contribution in [3.8, 4) is 0 Å². The van der Waals surface area contributed by atoms with E-state index < -0.39 is 26.1 Å². The largest absolute Gasteiger partial charge is 0.776 e. The maximum absolute atomic E-state index is 11.6. The maximum atomic E-state index is 11.6. The highest BCUT2D eigenvalue weighted by molar-refractivity contribution is 8.05. The van der Waals surface area contributed by atoms with Gasteiger partial charge in [0, 0.05) is 18.3 Å². The lowest BCUT2D eigenvalue weighted by Gasteiger charge is -2.21. The van der Waals surface area contributed by atoms with Gasteiger partial charge in [0.05, 0.1) is 31.1 Å². The minimum Gasteiger partial charge on any atom is -0.776 e. The molecule has 6 unspecified atom stereocenters. The first-order valence-corrected chi connectivity index (χ1v) is 17.4. The van der Waals surface area contributed by atoms with Gasteiger partial charge in [0.2, 0.25) is 11.9 Å². The number of nitrogens with one attached hydrogen (secondary N) is 1. The summed E-state index contributed by atoms with van der Waals surface area (Å²) in [6.07, 6.45) is 3.08. The number of aromatic amines is 1. The van der Waals surface area contributed by atoms with Crippen LogP contribution in [0.1, 0.15) is 7.43 Å². The highest BCUT2D eigenvalue weighted by Crippen LogP contribution is 2.49. The van der Waals surface area contributed by atoms with Crippen molar-refractivity contribution >= 4 is 84.7 Å². The Morgan fingerprint density at radius 2 is 1.70 bits per heavy atom. The van der Waals surface area contributed by atoms with Gasteiger partial charge in [0.15, 0.2) is 34.7 Å². The van der Waals surface area contributed by atoms with Crippen LogP contribution >= 0.6 is 50.5 Å². The number of nitrogens with zero attached hydrogens (tertiary/aromatic N) is 7. The molecule has 0 amide bonds. The molecule has 10 N–H and O–H groups in total. The van der Waals surface area contributed by atoms with E-state index in [-0.39, 0.29) is 58.4 Å². The van der Waals surface area contributed by atoms with Crippen LogP contribution in [-0.4, -0.2) is 84.7 Å². The number of hydrogen-bond donors (Lipinski definition) is 5. The van der Waals surface area contributed by atoms with Crippen LogP contribution in [0.15, 0.2) is 17.4 Å². The van der Waals surface area contributed by atoms with Crippen LogP contribution in [0.25, 0.3) is 22.3 Å². The first-order valence-electron chi connectivity index (χ1n) is 11.7. The summed E-state index contributed by atoms with van der Waals surface area (Å²) < 4.78 is 36.4. The van der Waals surface area contributed by atoms with Gasteiger partial charge >= 0.3 is 13.0 Å². The number of ether oxygens (including phenoxy) is 2. The van der Waals surface area contributed by atoms with Gasteiger partial charge in [-0.1, -0.05) is 35.4 Å². The lowest BCUT2D eigenvalue weighted by Crippen LogP contribution is -2.16. The Balaban J connectivity index is 0.000000225. The van der Waals surface area contributed by atoms with Crippen molar-refractivity contribution in [3.05, 3.63) is 28.2 Å². The Morgan fingerprint density at radius 1 is 1.12 bits per heavy atom. The molecule has 0 radical (unpaired) electrons. The second-order valence-electron chi connectivity index (χ2n) is 8.87. The Labute approximate surface area is 258 Å². The Hall–Kier alpha value is -2.38. The summed E-state index contributed by atoms with van der Waals surface area (Å²) in [6.45, 7) is 3.36. The fourth-order valence-corrected chi connectivity index (χ4v) is 8.93. The number of halogens is 1. The van der Waals surface area contributed by atoms with Crippen LogP contribution in [0.3, 0.4) is 0 Å². The molecule has 6 atom stereocenters. The van der Waals surface area contributed by atoms with Crippen molar-refractivity contribution < 1.29 is 28.4 Å². The lowest BCUT2D eigenvalue weighted by atomic mass is 10.4. The van der Waals surface area contributed by atoms with Crippen LogP contribution in [0.5, 0.6) is 0 Å². The fraction of sp³-hybridized carbons (Fsp3) is 0.500. The predicted octanol–water partition coefficient (Wildman–Crippen LogP) is 1.61. The zero-order chi connectivity index (χ0) is 29.5. The Kier molecular flexibility index (Phi) is 11.6. The van der Waals surface area contributed by atoms with Crippen LogP contribution in [0.4, 0.5) is 11.9 Å². The summed E-state index contributed by atoms with van der Waals surface area (Å²) in [6, 6.07) is 0. The van der Waals surface area contributed by atoms with E-state index in [1.165, 1.54) is 6.33 Å². The van der Waals surface area contributed by atoms with Gasteiger partial charge in [-0.25, -0.2) is 9.97 Å². The molecule has 2 saturated heterocycles. The van der Waals surface area contributed by atoms with Gasteiger partial charge in [-0.2, -0.15) is 15.0 Å². The van der Waals surface area contributed by atoms with E-state index in [1.54, 1.807) is 29.3 Å². The molecule has 4 aromatic rings. The number of nitrogens with two attached hydrogens (primary N) is 2. The average molecular weight is 699 g/mol. The molecule has 0 bridgehead atoms. The van der Waals surface area contributed by atoms with Crippen molar-refractivity contribution in [2.75, 3.05) is 31.3 Å². The van der Waals surface area contributed by atoms with Crippen molar-refractivity contribution in [2.24, 2.45) is 0 Å². The van der Waals surface area contributed by atoms with Crippen molar-refractivity contribution in [3.63, 3.8) is 0 Å². The number of quaternary nitrogens is 1. The van der Waals surface area contributed by atoms with Gasteiger partial charge in [-0.15, -0.1) is 11.8 Å². The van der Waals surface area contributed by atoms with Crippen molar-refractivity contribution in [1.82, 2.24) is 45.2 Å². The summed E-state index contributed by atoms with van der Waals surface area (Å²) in [5.74, 6) is 0.0935. The van der Waals surface area contributed by atoms with Crippen molar-refractivity contribution in [1.29, 1.82) is 0 Å². The predicted molar refractivity (Wildman–Crippen MR) is 166 cm³/mol. The molecule has 6 rings (SSSR count). The number of aromatic nitrogens is 8. The van der Waals surface area contributed by atoms with E-state index in [9.17, 15) is 18.8 Å². The monoisotopic (exact) mass is 698 g/mol. The van der Waals surface area contributed by atoms with E-state index in [0.717, 1.165) is 11.8 Å². The van der Waals surface area contributed by atoms with Gasteiger partial charge in [-0.3, -0.25) is 9.78 Å². The molecular weight excluding hydrogens is 668 g/mol. The number of hydrogen-bond acceptors (Lipinski definition) is 15. The average Bonchev–Trinajstić information content (AvgIpc) is 3.68. The lowest BCUT2D eigenvalue weighted by molar-refractivity contribution is -0.199. The zero-order valence-corrected chi connectivity index (χ0v) is 26.2. The summed E-state index contributed by atoms with van der Waals surface area (Å²) in [5.41, 5.74) is 12.3. The van der Waals surface area contributed by atoms with E-state index >= 15 is 0 Å². The van der Waals surface area contributed by atoms with Gasteiger partial charge in [-0.05, 0) is 0 Å². The third-order valence-electron chi connectivity index (χ3n) is 5.76. The Bertz CT molecular complexity index is 1720. The third-order valence-corrected chi connectivity index (χ3v) is 11.9. The van der Waals surface area contributed by atoms with Gasteiger partial charge in [0.1, 0.15) is 12.2 Å². The van der Waals surface area contributed by atoms with Crippen LogP contribution < -0.4 is 28.1 Å². The maximum Gasteiger partial charge on any atom is 0.378 e. The van der Waals surface area contributed by atoms with Crippen LogP contribution in [-0.2, 0) is 31.7 Å². The highest BCUT2D eigenvalue weighted by atomic mass is 35.5. The van der Waals surface area contributed by atoms with Gasteiger partial charge in [0.25, 0.3) is 5.56 Å². The number of rotatable bonds is 6. The SMILES string of the molecule is C.C[P+](=O)C1OCC(Cn2cnc3c(Cl)nc(N)nc32)S1.Nc1nc2c(ncn2CC2COC(P(=O)([O-])O)S2)c(=O)[nH]1.[NH4+].